The number of aromatic nitrogens is 2. The van der Waals surface area contributed by atoms with Crippen molar-refractivity contribution in [2.24, 2.45) is 0 Å². The summed E-state index contributed by atoms with van der Waals surface area (Å²) in [5.41, 5.74) is 0.730. The molecule has 2 aromatic heterocycles. The average Bonchev–Trinajstić information content (AvgIpc) is 2.42. The lowest BCUT2D eigenvalue weighted by Gasteiger charge is -2.09. The molecule has 0 aromatic carbocycles. The molecule has 0 aliphatic heterocycles. The van der Waals surface area contributed by atoms with Crippen molar-refractivity contribution in [1.29, 1.82) is 0 Å². The van der Waals surface area contributed by atoms with Crippen LogP contribution in [-0.4, -0.2) is 23.0 Å². The standard InChI is InChI=1S/C12H9BrClN3O2/c1-19-12-8(3-2-4-15-12)11(18)17-9-5-7(13)6-16-10(9)14/h2-6H,1H3,(H,17,18). The Morgan fingerprint density at radius 3 is 3.00 bits per heavy atom. The van der Waals surface area contributed by atoms with E-state index in [-0.39, 0.29) is 16.9 Å². The smallest absolute Gasteiger partial charge is 0.261 e. The van der Waals surface area contributed by atoms with Gasteiger partial charge in [0.05, 0.1) is 12.8 Å². The second-order valence-corrected chi connectivity index (χ2v) is 4.78. The average molecular weight is 343 g/mol. The topological polar surface area (TPSA) is 64.1 Å². The van der Waals surface area contributed by atoms with Crippen LogP contribution in [0.5, 0.6) is 5.88 Å². The van der Waals surface area contributed by atoms with Crippen LogP contribution in [0.4, 0.5) is 5.69 Å². The summed E-state index contributed by atoms with van der Waals surface area (Å²) in [6, 6.07) is 4.93. The predicted molar refractivity (Wildman–Crippen MR) is 75.7 cm³/mol. The van der Waals surface area contributed by atoms with E-state index in [0.29, 0.717) is 15.7 Å². The summed E-state index contributed by atoms with van der Waals surface area (Å²) in [7, 11) is 1.45. The second kappa shape index (κ2) is 5.99. The minimum atomic E-state index is -0.369. The summed E-state index contributed by atoms with van der Waals surface area (Å²) in [6.45, 7) is 0. The fourth-order valence-electron chi connectivity index (χ4n) is 1.43. The molecule has 0 aliphatic rings. The summed E-state index contributed by atoms with van der Waals surface area (Å²) in [6.07, 6.45) is 3.09. The molecule has 1 amide bonds. The maximum absolute atomic E-state index is 12.1. The van der Waals surface area contributed by atoms with Gasteiger partial charge in [-0.3, -0.25) is 4.79 Å². The predicted octanol–water partition coefficient (Wildman–Crippen LogP) is 3.15. The molecule has 0 fully saturated rings. The van der Waals surface area contributed by atoms with E-state index in [1.807, 2.05) is 0 Å². The van der Waals surface area contributed by atoms with Crippen LogP contribution < -0.4 is 10.1 Å². The summed E-state index contributed by atoms with van der Waals surface area (Å²) in [5, 5.41) is 2.87. The van der Waals surface area contributed by atoms with E-state index in [0.717, 1.165) is 0 Å². The molecular formula is C12H9BrClN3O2. The highest BCUT2D eigenvalue weighted by atomic mass is 79.9. The number of hydrogen-bond acceptors (Lipinski definition) is 4. The summed E-state index contributed by atoms with van der Waals surface area (Å²) >= 11 is 9.17. The second-order valence-electron chi connectivity index (χ2n) is 3.51. The van der Waals surface area contributed by atoms with Crippen molar-refractivity contribution in [2.75, 3.05) is 12.4 Å². The van der Waals surface area contributed by atoms with Gasteiger partial charge in [0.1, 0.15) is 5.56 Å². The molecule has 1 N–H and O–H groups in total. The summed E-state index contributed by atoms with van der Waals surface area (Å²) < 4.78 is 5.74. The largest absolute Gasteiger partial charge is 0.480 e. The highest BCUT2D eigenvalue weighted by molar-refractivity contribution is 9.10. The molecule has 7 heteroatoms. The molecule has 0 saturated carbocycles. The number of nitrogens with one attached hydrogen (secondary N) is 1. The van der Waals surface area contributed by atoms with Gasteiger partial charge in [0.15, 0.2) is 5.15 Å². The molecule has 2 rings (SSSR count). The van der Waals surface area contributed by atoms with Gasteiger partial charge in [-0.1, -0.05) is 11.6 Å². The molecule has 0 aliphatic carbocycles. The fraction of sp³-hybridized carbons (Fsp3) is 0.0833. The molecule has 0 unspecified atom stereocenters. The molecule has 2 aromatic rings. The number of methoxy groups -OCH3 is 1. The number of carbonyl (C=O) groups is 1. The van der Waals surface area contributed by atoms with Crippen molar-refractivity contribution in [2.45, 2.75) is 0 Å². The van der Waals surface area contributed by atoms with Gasteiger partial charge in [-0.15, -0.1) is 0 Å². The lowest BCUT2D eigenvalue weighted by Crippen LogP contribution is -2.14. The summed E-state index contributed by atoms with van der Waals surface area (Å²) in [5.74, 6) is -0.120. The number of ether oxygens (including phenoxy) is 1. The van der Waals surface area contributed by atoms with Gasteiger partial charge in [0.2, 0.25) is 5.88 Å². The lowest BCUT2D eigenvalue weighted by atomic mass is 10.2. The quantitative estimate of drug-likeness (QED) is 0.870. The van der Waals surface area contributed by atoms with E-state index in [9.17, 15) is 4.79 Å². The Hall–Kier alpha value is -1.66. The number of amides is 1. The first-order valence-corrected chi connectivity index (χ1v) is 6.40. The maximum atomic E-state index is 12.1. The normalized spacial score (nSPS) is 10.1. The van der Waals surface area contributed by atoms with Crippen LogP contribution in [0, 0.1) is 0 Å². The Balaban J connectivity index is 2.28. The first-order valence-electron chi connectivity index (χ1n) is 5.23. The Morgan fingerprint density at radius 1 is 1.47 bits per heavy atom. The number of rotatable bonds is 3. The van der Waals surface area contributed by atoms with E-state index < -0.39 is 0 Å². The van der Waals surface area contributed by atoms with Crippen LogP contribution in [0.1, 0.15) is 10.4 Å². The van der Waals surface area contributed by atoms with Crippen molar-refractivity contribution in [3.63, 3.8) is 0 Å². The molecule has 19 heavy (non-hydrogen) atoms. The van der Waals surface area contributed by atoms with Crippen molar-refractivity contribution in [3.05, 3.63) is 45.8 Å². The van der Waals surface area contributed by atoms with E-state index in [4.69, 9.17) is 16.3 Å². The zero-order valence-electron chi connectivity index (χ0n) is 9.85. The van der Waals surface area contributed by atoms with Gasteiger partial charge in [0, 0.05) is 16.9 Å². The van der Waals surface area contributed by atoms with E-state index >= 15 is 0 Å². The van der Waals surface area contributed by atoms with Crippen molar-refractivity contribution >= 4 is 39.1 Å². The van der Waals surface area contributed by atoms with E-state index in [1.54, 1.807) is 30.6 Å². The molecule has 0 saturated heterocycles. The van der Waals surface area contributed by atoms with Crippen molar-refractivity contribution < 1.29 is 9.53 Å². The number of nitrogens with zero attached hydrogens (tertiary/aromatic N) is 2. The lowest BCUT2D eigenvalue weighted by molar-refractivity contribution is 0.102. The van der Waals surface area contributed by atoms with E-state index in [2.05, 4.69) is 31.2 Å². The maximum Gasteiger partial charge on any atom is 0.261 e. The Labute approximate surface area is 123 Å². The van der Waals surface area contributed by atoms with E-state index in [1.165, 1.54) is 7.11 Å². The minimum Gasteiger partial charge on any atom is -0.480 e. The first-order chi connectivity index (χ1) is 9.11. The molecular weight excluding hydrogens is 334 g/mol. The zero-order valence-corrected chi connectivity index (χ0v) is 12.2. The number of pyridine rings is 2. The van der Waals surface area contributed by atoms with Crippen molar-refractivity contribution in [3.8, 4) is 5.88 Å². The third kappa shape index (κ3) is 3.21. The van der Waals surface area contributed by atoms with Crippen molar-refractivity contribution in [1.82, 2.24) is 9.97 Å². The van der Waals surface area contributed by atoms with Crippen LogP contribution in [0.15, 0.2) is 35.1 Å². The SMILES string of the molecule is COc1ncccc1C(=O)Nc1cc(Br)cnc1Cl. The van der Waals surface area contributed by atoms with Crippen LogP contribution in [0.3, 0.4) is 0 Å². The third-order valence-corrected chi connectivity index (χ3v) is 3.00. The van der Waals surface area contributed by atoms with Gasteiger partial charge < -0.3 is 10.1 Å². The third-order valence-electron chi connectivity index (χ3n) is 2.26. The molecule has 0 bridgehead atoms. The Morgan fingerprint density at radius 2 is 2.26 bits per heavy atom. The summed E-state index contributed by atoms with van der Waals surface area (Å²) in [4.78, 5) is 20.0. The monoisotopic (exact) mass is 341 g/mol. The molecule has 0 radical (unpaired) electrons. The fourth-order valence-corrected chi connectivity index (χ4v) is 1.91. The van der Waals surface area contributed by atoms with Crippen LogP contribution in [-0.2, 0) is 0 Å². The molecule has 2 heterocycles. The van der Waals surface area contributed by atoms with Crippen LogP contribution in [0.25, 0.3) is 0 Å². The number of halogens is 2. The van der Waals surface area contributed by atoms with Gasteiger partial charge in [-0.2, -0.15) is 0 Å². The molecule has 5 nitrogen and oxygen atoms in total. The number of carbonyl (C=O) groups excluding carboxylic acids is 1. The molecule has 0 spiro atoms. The van der Waals surface area contributed by atoms with Gasteiger partial charge >= 0.3 is 0 Å². The van der Waals surface area contributed by atoms with Gasteiger partial charge in [0.25, 0.3) is 5.91 Å². The Kier molecular flexibility index (Phi) is 4.34. The molecule has 0 atom stereocenters. The minimum absolute atomic E-state index is 0.208. The highest BCUT2D eigenvalue weighted by Gasteiger charge is 2.14. The zero-order chi connectivity index (χ0) is 13.8. The molecule has 98 valence electrons. The highest BCUT2D eigenvalue weighted by Crippen LogP contribution is 2.24. The van der Waals surface area contributed by atoms with Gasteiger partial charge in [-0.05, 0) is 34.1 Å². The first kappa shape index (κ1) is 13.8. The number of hydrogen-bond donors (Lipinski definition) is 1. The number of anilines is 1. The van der Waals surface area contributed by atoms with Gasteiger partial charge in [-0.25, -0.2) is 9.97 Å². The van der Waals surface area contributed by atoms with Crippen LogP contribution in [0.2, 0.25) is 5.15 Å². The van der Waals surface area contributed by atoms with Crippen LogP contribution >= 0.6 is 27.5 Å². The Bertz CT molecular complexity index is 622.